The number of benzene rings is 2. The molecule has 5 N–H and O–H groups in total. The quantitative estimate of drug-likeness (QED) is 0.122. The maximum Gasteiger partial charge on any atom is 0.422 e. The molecule has 1 saturated carbocycles. The summed E-state index contributed by atoms with van der Waals surface area (Å²) in [7, 11) is -8.06. The minimum Gasteiger partial charge on any atom is -0.443 e. The number of aryl methyl sites for hydroxylation is 4. The second-order valence-electron chi connectivity index (χ2n) is 17.5. The maximum absolute atomic E-state index is 15.7. The average Bonchev–Trinajstić information content (AvgIpc) is 3.54. The van der Waals surface area contributed by atoms with Crippen molar-refractivity contribution in [2.45, 2.75) is 123 Å². The van der Waals surface area contributed by atoms with Gasteiger partial charge < -0.3 is 9.64 Å². The molecule has 2 aromatic heterocycles. The van der Waals surface area contributed by atoms with Gasteiger partial charge in [0.2, 0.25) is 0 Å². The number of hydrogen-bond acceptors (Lipinski definition) is 11. The van der Waals surface area contributed by atoms with Crippen molar-refractivity contribution in [3.63, 3.8) is 0 Å². The Hall–Kier alpha value is -4.47. The topological polar surface area (TPSA) is 233 Å². The van der Waals surface area contributed by atoms with Crippen molar-refractivity contribution in [2.75, 3.05) is 31.1 Å². The number of nitrogens with zero attached hydrogens (tertiary/aromatic N) is 5. The van der Waals surface area contributed by atoms with Gasteiger partial charge in [0, 0.05) is 55.8 Å². The fourth-order valence-corrected chi connectivity index (χ4v) is 8.84. The van der Waals surface area contributed by atoms with Crippen molar-refractivity contribution in [3.8, 4) is 12.1 Å². The van der Waals surface area contributed by atoms with Crippen molar-refractivity contribution >= 4 is 78.0 Å². The van der Waals surface area contributed by atoms with E-state index in [-0.39, 0.29) is 31.8 Å². The SMILES string of the molecule is Cc1cc2ncc(C#N)c(Cl)c2cc1C.Cc1cc2ncc(C#N)c(N3CCCC(F)(CNS(=O)(=O)NC(=O)OC(C)(C)C)CC3)c2cc1C.Cl.NS(=O)(=O)NCC1(F)CCCCCC1. The van der Waals surface area contributed by atoms with Crippen molar-refractivity contribution in [3.05, 3.63) is 75.1 Å². The van der Waals surface area contributed by atoms with Crippen LogP contribution in [-0.2, 0) is 25.2 Å². The zero-order chi connectivity index (χ0) is 47.7. The van der Waals surface area contributed by atoms with Gasteiger partial charge in [0.15, 0.2) is 0 Å². The van der Waals surface area contributed by atoms with Crippen LogP contribution in [0, 0.1) is 50.4 Å². The third kappa shape index (κ3) is 16.4. The summed E-state index contributed by atoms with van der Waals surface area (Å²) < 4.78 is 86.2. The Morgan fingerprint density at radius 3 is 1.80 bits per heavy atom. The van der Waals surface area contributed by atoms with Crippen molar-refractivity contribution in [2.24, 2.45) is 5.14 Å². The molecule has 1 aliphatic carbocycles. The van der Waals surface area contributed by atoms with Gasteiger partial charge in [-0.2, -0.15) is 36.8 Å². The van der Waals surface area contributed by atoms with E-state index >= 15 is 4.39 Å². The average molecular weight is 983 g/mol. The summed E-state index contributed by atoms with van der Waals surface area (Å²) in [6, 6.07) is 12.2. The number of hydrogen-bond donors (Lipinski definition) is 4. The lowest BCUT2D eigenvalue weighted by Crippen LogP contribution is -2.47. The van der Waals surface area contributed by atoms with Gasteiger partial charge in [-0.1, -0.05) is 37.3 Å². The number of nitriles is 2. The number of fused-ring (bicyclic) bond motifs is 2. The molecule has 2 aliphatic rings. The number of rotatable bonds is 8. The summed E-state index contributed by atoms with van der Waals surface area (Å²) in [6.07, 6.45) is 7.10. The summed E-state index contributed by atoms with van der Waals surface area (Å²) in [5.74, 6) is 0. The molecule has 0 spiro atoms. The molecule has 0 bridgehead atoms. The normalized spacial score (nSPS) is 17.6. The molecule has 2 fully saturated rings. The molecule has 0 radical (unpaired) electrons. The summed E-state index contributed by atoms with van der Waals surface area (Å²) in [4.78, 5) is 22.4. The number of amides is 1. The predicted molar refractivity (Wildman–Crippen MR) is 253 cm³/mol. The van der Waals surface area contributed by atoms with Crippen LogP contribution in [0.4, 0.5) is 19.3 Å². The van der Waals surface area contributed by atoms with Gasteiger partial charge in [0.1, 0.15) is 29.1 Å². The predicted octanol–water partition coefficient (Wildman–Crippen LogP) is 8.42. The molecule has 15 nitrogen and oxygen atoms in total. The molecule has 4 aromatic rings. The lowest BCUT2D eigenvalue weighted by atomic mass is 9.97. The van der Waals surface area contributed by atoms with E-state index in [0.717, 1.165) is 69.9 Å². The number of anilines is 1. The monoisotopic (exact) mass is 981 g/mol. The van der Waals surface area contributed by atoms with Crippen LogP contribution in [0.5, 0.6) is 0 Å². The van der Waals surface area contributed by atoms with Gasteiger partial charge in [-0.05, 0) is 121 Å². The molecule has 1 amide bonds. The van der Waals surface area contributed by atoms with Gasteiger partial charge in [-0.25, -0.2) is 23.4 Å². The lowest BCUT2D eigenvalue weighted by Gasteiger charge is -2.27. The second-order valence-corrected chi connectivity index (χ2v) is 20.7. The summed E-state index contributed by atoms with van der Waals surface area (Å²) >= 11 is 6.10. The van der Waals surface area contributed by atoms with Crippen molar-refractivity contribution in [1.82, 2.24) is 24.1 Å². The highest BCUT2D eigenvalue weighted by Gasteiger charge is 2.35. The van der Waals surface area contributed by atoms with Gasteiger partial charge in [0.25, 0.3) is 10.2 Å². The van der Waals surface area contributed by atoms with E-state index in [9.17, 15) is 31.3 Å². The number of halogens is 4. The van der Waals surface area contributed by atoms with E-state index in [4.69, 9.17) is 26.7 Å². The molecule has 1 atom stereocenters. The van der Waals surface area contributed by atoms with Gasteiger partial charge >= 0.3 is 16.3 Å². The Labute approximate surface area is 392 Å². The molecular weight excluding hydrogens is 924 g/mol. The highest BCUT2D eigenvalue weighted by atomic mass is 35.5. The maximum atomic E-state index is 15.7. The highest BCUT2D eigenvalue weighted by molar-refractivity contribution is 7.88. The summed E-state index contributed by atoms with van der Waals surface area (Å²) in [6.45, 7) is 13.0. The van der Waals surface area contributed by atoms with Crippen LogP contribution < -0.4 is 24.2 Å². The number of nitrogens with two attached hydrogens (primary N) is 1. The van der Waals surface area contributed by atoms with Crippen molar-refractivity contribution < 1.29 is 35.1 Å². The van der Waals surface area contributed by atoms with Gasteiger partial charge in [0.05, 0.1) is 32.9 Å². The molecule has 356 valence electrons. The van der Waals surface area contributed by atoms with E-state index in [1.54, 1.807) is 25.5 Å². The van der Waals surface area contributed by atoms with Crippen LogP contribution in [-0.4, -0.2) is 76.0 Å². The molecule has 65 heavy (non-hydrogen) atoms. The third-order valence-electron chi connectivity index (χ3n) is 11.1. The van der Waals surface area contributed by atoms with Crippen LogP contribution in [0.25, 0.3) is 21.8 Å². The zero-order valence-corrected chi connectivity index (χ0v) is 41.0. The minimum atomic E-state index is -4.30. The number of carbonyl (C=O) groups is 1. The lowest BCUT2D eigenvalue weighted by molar-refractivity contribution is 0.0568. The Morgan fingerprint density at radius 1 is 0.785 bits per heavy atom. The van der Waals surface area contributed by atoms with Crippen LogP contribution in [0.2, 0.25) is 5.02 Å². The molecule has 1 unspecified atom stereocenters. The molecule has 6 rings (SSSR count). The standard InChI is InChI=1S/C24H32FN5O4S.C12H9ClN2.C8H17FN2O2S.ClH/c1-16-11-19-20(12-17(16)2)27-14-18(13-26)21(19)30-9-6-7-24(25,8-10-30)15-28-35(32,33)29-22(31)34-23(3,4)5;1-7-3-10-11(4-8(7)2)15-6-9(5-14)12(10)13;9-8(7-11-14(10,12)13)5-3-1-2-4-6-8;/h11-12,14,28H,6-10,15H2,1-5H3,(H,29,31);3-4,6H,1-2H3;11H,1-7H2,(H2,10,12,13);1H. The Morgan fingerprint density at radius 2 is 1.26 bits per heavy atom. The number of carbonyl (C=O) groups excluding carboxylic acids is 1. The second kappa shape index (κ2) is 22.8. The van der Waals surface area contributed by atoms with Crippen LogP contribution in [0.3, 0.4) is 0 Å². The molecule has 21 heteroatoms. The number of nitrogens with one attached hydrogen (secondary N) is 3. The zero-order valence-electron chi connectivity index (χ0n) is 37.8. The molecule has 2 aromatic carbocycles. The first kappa shape index (κ1) is 54.9. The summed E-state index contributed by atoms with van der Waals surface area (Å²) in [5, 5.41) is 25.5. The first-order valence-electron chi connectivity index (χ1n) is 20.9. The fourth-order valence-electron chi connectivity index (χ4n) is 7.35. The molecular formula is C44H59Cl2F2N9O6S2. The van der Waals surface area contributed by atoms with Crippen molar-refractivity contribution in [1.29, 1.82) is 10.5 Å². The smallest absolute Gasteiger partial charge is 0.422 e. The first-order valence-corrected chi connectivity index (χ1v) is 24.3. The number of ether oxygens (including phenoxy) is 1. The third-order valence-corrected chi connectivity index (χ3v) is 13.0. The van der Waals surface area contributed by atoms with E-state index in [1.165, 1.54) is 18.0 Å². The van der Waals surface area contributed by atoms with E-state index in [0.29, 0.717) is 48.5 Å². The first-order chi connectivity index (χ1) is 29.8. The van der Waals surface area contributed by atoms with E-state index < -0.39 is 50.0 Å². The van der Waals surface area contributed by atoms with Gasteiger partial charge in [-0.3, -0.25) is 9.97 Å². The largest absolute Gasteiger partial charge is 0.443 e. The summed E-state index contributed by atoms with van der Waals surface area (Å²) in [5.41, 5.74) is 3.55. The highest BCUT2D eigenvalue weighted by Crippen LogP contribution is 2.36. The van der Waals surface area contributed by atoms with Crippen LogP contribution >= 0.6 is 24.0 Å². The number of aromatic nitrogens is 2. The molecule has 3 heterocycles. The Bertz CT molecular complexity index is 2650. The molecule has 1 aliphatic heterocycles. The Balaban J connectivity index is 0.000000306. The number of alkyl halides is 2. The minimum absolute atomic E-state index is 0. The Kier molecular flexibility index (Phi) is 19.3. The van der Waals surface area contributed by atoms with E-state index in [2.05, 4.69) is 20.8 Å². The van der Waals surface area contributed by atoms with Crippen LogP contribution in [0.1, 0.15) is 112 Å². The fraction of sp³-hybridized carbons (Fsp3) is 0.523. The van der Waals surface area contributed by atoms with Crippen LogP contribution in [0.15, 0.2) is 36.7 Å². The number of pyridine rings is 2. The van der Waals surface area contributed by atoms with E-state index in [1.807, 2.05) is 67.7 Å². The van der Waals surface area contributed by atoms with Gasteiger partial charge in [-0.15, -0.1) is 12.4 Å². The molecule has 1 saturated heterocycles.